The van der Waals surface area contributed by atoms with Crippen molar-refractivity contribution >= 4 is 10.9 Å². The third-order valence-electron chi connectivity index (χ3n) is 3.76. The van der Waals surface area contributed by atoms with Crippen LogP contribution in [0.5, 0.6) is 0 Å². The van der Waals surface area contributed by atoms with Crippen molar-refractivity contribution < 1.29 is 0 Å². The average Bonchev–Trinajstić information content (AvgIpc) is 2.79. The monoisotopic (exact) mass is 263 g/mol. The first kappa shape index (κ1) is 13.0. The summed E-state index contributed by atoms with van der Waals surface area (Å²) < 4.78 is 2.45. The number of hydrogen-bond donors (Lipinski definition) is 0. The third-order valence-corrected chi connectivity index (χ3v) is 3.76. The Bertz CT molecular complexity index is 714. The maximum absolute atomic E-state index is 2.45. The predicted molar refractivity (Wildman–Crippen MR) is 86.2 cm³/mol. The van der Waals surface area contributed by atoms with Gasteiger partial charge in [0.25, 0.3) is 0 Å². The first-order chi connectivity index (χ1) is 9.55. The van der Waals surface area contributed by atoms with Crippen LogP contribution in [0.4, 0.5) is 0 Å². The van der Waals surface area contributed by atoms with Crippen LogP contribution in [0.25, 0.3) is 10.9 Å². The van der Waals surface area contributed by atoms with Gasteiger partial charge in [-0.1, -0.05) is 69.3 Å². The first-order valence-electron chi connectivity index (χ1n) is 7.18. The zero-order valence-corrected chi connectivity index (χ0v) is 12.4. The molecule has 0 bridgehead atoms. The summed E-state index contributed by atoms with van der Waals surface area (Å²) in [5, 5.41) is 1.33. The molecule has 0 amide bonds. The van der Waals surface area contributed by atoms with Gasteiger partial charge in [0, 0.05) is 23.2 Å². The van der Waals surface area contributed by atoms with E-state index in [4.69, 9.17) is 0 Å². The van der Waals surface area contributed by atoms with Crippen LogP contribution in [0.2, 0.25) is 0 Å². The molecule has 1 heterocycles. The molecule has 0 atom stereocenters. The van der Waals surface area contributed by atoms with Gasteiger partial charge in [-0.15, -0.1) is 0 Å². The van der Waals surface area contributed by atoms with Crippen LogP contribution >= 0.6 is 0 Å². The highest BCUT2D eigenvalue weighted by atomic mass is 15.0. The lowest BCUT2D eigenvalue weighted by atomic mass is 9.92. The van der Waals surface area contributed by atoms with Gasteiger partial charge in [-0.3, -0.25) is 0 Å². The summed E-state index contributed by atoms with van der Waals surface area (Å²) in [5.74, 6) is 0. The second-order valence-corrected chi connectivity index (χ2v) is 6.41. The van der Waals surface area contributed by atoms with Gasteiger partial charge in [0.2, 0.25) is 0 Å². The summed E-state index contributed by atoms with van der Waals surface area (Å²) in [7, 11) is 0. The van der Waals surface area contributed by atoms with E-state index in [1.165, 1.54) is 22.2 Å². The summed E-state index contributed by atoms with van der Waals surface area (Å²) >= 11 is 0. The minimum absolute atomic E-state index is 0.147. The second-order valence-electron chi connectivity index (χ2n) is 6.41. The molecule has 0 unspecified atom stereocenters. The Balaban J connectivity index is 2.16. The first-order valence-corrected chi connectivity index (χ1v) is 7.18. The van der Waals surface area contributed by atoms with E-state index in [9.17, 15) is 0 Å². The van der Waals surface area contributed by atoms with Crippen molar-refractivity contribution in [2.45, 2.75) is 32.7 Å². The molecule has 0 aliphatic carbocycles. The number of hydrogen-bond acceptors (Lipinski definition) is 0. The van der Waals surface area contributed by atoms with Crippen LogP contribution in [0.1, 0.15) is 32.0 Å². The van der Waals surface area contributed by atoms with Gasteiger partial charge in [0.15, 0.2) is 0 Å². The van der Waals surface area contributed by atoms with Gasteiger partial charge in [-0.05, 0) is 23.1 Å². The topological polar surface area (TPSA) is 4.93 Å². The zero-order valence-electron chi connectivity index (χ0n) is 12.4. The molecule has 0 spiro atoms. The number of nitrogens with zero attached hydrogens (tertiary/aromatic N) is 1. The SMILES string of the molecule is CC(C)(C)c1cc2ccccc2n1Cc1ccccc1. The van der Waals surface area contributed by atoms with E-state index in [0.717, 1.165) is 6.54 Å². The van der Waals surface area contributed by atoms with Crippen molar-refractivity contribution in [2.75, 3.05) is 0 Å². The molecule has 1 nitrogen and oxygen atoms in total. The van der Waals surface area contributed by atoms with Gasteiger partial charge in [0.1, 0.15) is 0 Å². The number of para-hydroxylation sites is 1. The Morgan fingerprint density at radius 3 is 2.20 bits per heavy atom. The largest absolute Gasteiger partial charge is 0.340 e. The van der Waals surface area contributed by atoms with Crippen LogP contribution in [-0.2, 0) is 12.0 Å². The van der Waals surface area contributed by atoms with Gasteiger partial charge in [0.05, 0.1) is 0 Å². The molecular weight excluding hydrogens is 242 g/mol. The van der Waals surface area contributed by atoms with E-state index in [1.807, 2.05) is 0 Å². The lowest BCUT2D eigenvalue weighted by Crippen LogP contribution is -2.18. The van der Waals surface area contributed by atoms with E-state index in [2.05, 4.69) is 86.0 Å². The standard InChI is InChI=1S/C19H21N/c1-19(2,3)18-13-16-11-7-8-12-17(16)20(18)14-15-9-5-4-6-10-15/h4-13H,14H2,1-3H3. The summed E-state index contributed by atoms with van der Waals surface area (Å²) in [6, 6.07) is 21.7. The molecule has 20 heavy (non-hydrogen) atoms. The number of rotatable bonds is 2. The maximum atomic E-state index is 2.45. The van der Waals surface area contributed by atoms with E-state index in [1.54, 1.807) is 0 Å². The molecular formula is C19H21N. The minimum Gasteiger partial charge on any atom is -0.340 e. The lowest BCUT2D eigenvalue weighted by Gasteiger charge is -2.22. The van der Waals surface area contributed by atoms with E-state index >= 15 is 0 Å². The molecule has 1 heteroatoms. The quantitative estimate of drug-likeness (QED) is 0.614. The van der Waals surface area contributed by atoms with Crippen LogP contribution in [-0.4, -0.2) is 4.57 Å². The molecule has 0 radical (unpaired) electrons. The Morgan fingerprint density at radius 2 is 1.50 bits per heavy atom. The Hall–Kier alpha value is -2.02. The van der Waals surface area contributed by atoms with Gasteiger partial charge in [-0.2, -0.15) is 0 Å². The zero-order chi connectivity index (χ0) is 14.2. The fraction of sp³-hybridized carbons (Fsp3) is 0.263. The van der Waals surface area contributed by atoms with Gasteiger partial charge >= 0.3 is 0 Å². The normalized spacial score (nSPS) is 11.9. The fourth-order valence-corrected chi connectivity index (χ4v) is 2.77. The molecule has 0 N–H and O–H groups in total. The molecule has 3 aromatic rings. The van der Waals surface area contributed by atoms with Gasteiger partial charge in [-0.25, -0.2) is 0 Å². The smallest absolute Gasteiger partial charge is 0.0485 e. The molecule has 0 aliphatic heterocycles. The van der Waals surface area contributed by atoms with Crippen molar-refractivity contribution in [1.29, 1.82) is 0 Å². The van der Waals surface area contributed by atoms with Crippen molar-refractivity contribution in [2.24, 2.45) is 0 Å². The lowest BCUT2D eigenvalue weighted by molar-refractivity contribution is 0.536. The van der Waals surface area contributed by atoms with Crippen LogP contribution < -0.4 is 0 Å². The molecule has 0 saturated heterocycles. The number of aromatic nitrogens is 1. The third kappa shape index (κ3) is 2.36. The molecule has 0 fully saturated rings. The summed E-state index contributed by atoms with van der Waals surface area (Å²) in [6.07, 6.45) is 0. The fourth-order valence-electron chi connectivity index (χ4n) is 2.77. The number of benzene rings is 2. The van der Waals surface area contributed by atoms with Gasteiger partial charge < -0.3 is 4.57 Å². The molecule has 2 aromatic carbocycles. The highest BCUT2D eigenvalue weighted by Crippen LogP contribution is 2.30. The summed E-state index contributed by atoms with van der Waals surface area (Å²) in [4.78, 5) is 0. The maximum Gasteiger partial charge on any atom is 0.0485 e. The Labute approximate surface area is 120 Å². The van der Waals surface area contributed by atoms with Crippen molar-refractivity contribution in [1.82, 2.24) is 4.57 Å². The van der Waals surface area contributed by atoms with Crippen molar-refractivity contribution in [3.63, 3.8) is 0 Å². The summed E-state index contributed by atoms with van der Waals surface area (Å²) in [5.41, 5.74) is 4.21. The summed E-state index contributed by atoms with van der Waals surface area (Å²) in [6.45, 7) is 7.77. The molecule has 0 aliphatic rings. The Morgan fingerprint density at radius 1 is 0.850 bits per heavy atom. The van der Waals surface area contributed by atoms with Crippen LogP contribution in [0.15, 0.2) is 60.7 Å². The highest BCUT2D eigenvalue weighted by molar-refractivity contribution is 5.81. The second kappa shape index (κ2) is 4.82. The minimum atomic E-state index is 0.147. The van der Waals surface area contributed by atoms with Crippen molar-refractivity contribution in [3.8, 4) is 0 Å². The molecule has 1 aromatic heterocycles. The Kier molecular flexibility index (Phi) is 3.13. The average molecular weight is 263 g/mol. The van der Waals surface area contributed by atoms with Crippen molar-refractivity contribution in [3.05, 3.63) is 71.9 Å². The molecule has 3 rings (SSSR count). The van der Waals surface area contributed by atoms with Crippen LogP contribution in [0, 0.1) is 0 Å². The van der Waals surface area contributed by atoms with E-state index in [-0.39, 0.29) is 5.41 Å². The van der Waals surface area contributed by atoms with E-state index in [0.29, 0.717) is 0 Å². The van der Waals surface area contributed by atoms with Crippen LogP contribution in [0.3, 0.4) is 0 Å². The highest BCUT2D eigenvalue weighted by Gasteiger charge is 2.20. The predicted octanol–water partition coefficient (Wildman–Crippen LogP) is 4.99. The molecule has 0 saturated carbocycles. The van der Waals surface area contributed by atoms with E-state index < -0.39 is 0 Å². The molecule has 102 valence electrons. The number of fused-ring (bicyclic) bond motifs is 1.